The molecule has 4 heteroatoms. The van der Waals surface area contributed by atoms with Crippen molar-refractivity contribution in [2.45, 2.75) is 12.5 Å². The first-order valence-corrected chi connectivity index (χ1v) is 7.42. The van der Waals surface area contributed by atoms with Crippen LogP contribution in [0.5, 0.6) is 5.75 Å². The molecule has 0 radical (unpaired) electrons. The van der Waals surface area contributed by atoms with Crippen LogP contribution in [0.25, 0.3) is 10.2 Å². The van der Waals surface area contributed by atoms with Crippen LogP contribution in [0.3, 0.4) is 0 Å². The number of likely N-dealkylation sites (N-methyl/N-ethyl adjacent to an activating group) is 1. The van der Waals surface area contributed by atoms with E-state index in [0.717, 1.165) is 17.5 Å². The van der Waals surface area contributed by atoms with Gasteiger partial charge < -0.3 is 10.4 Å². The van der Waals surface area contributed by atoms with Crippen molar-refractivity contribution >= 4 is 21.6 Å². The first-order valence-electron chi connectivity index (χ1n) is 6.54. The number of aromatic hydroxyl groups is 1. The molecule has 1 unspecified atom stereocenters. The molecule has 2 N–H and O–H groups in total. The van der Waals surface area contributed by atoms with Crippen molar-refractivity contribution in [3.8, 4) is 5.75 Å². The molecule has 0 fully saturated rings. The van der Waals surface area contributed by atoms with Crippen molar-refractivity contribution in [3.05, 3.63) is 59.1 Å². The van der Waals surface area contributed by atoms with Crippen molar-refractivity contribution in [1.29, 1.82) is 0 Å². The SMILES string of the molecule is CNC(Cc1cccc(O)c1)c1cnc2ccsc2c1. The number of nitrogens with zero attached hydrogens (tertiary/aromatic N) is 1. The van der Waals surface area contributed by atoms with Gasteiger partial charge in [-0.15, -0.1) is 11.3 Å². The Labute approximate surface area is 121 Å². The molecule has 1 aromatic carbocycles. The standard InChI is InChI=1S/C16H16N2OS/c1-17-15(8-11-3-2-4-13(19)7-11)12-9-16-14(18-10-12)5-6-20-16/h2-7,9-10,15,17,19H,8H2,1H3. The first kappa shape index (κ1) is 13.1. The first-order chi connectivity index (χ1) is 9.76. The lowest BCUT2D eigenvalue weighted by atomic mass is 10.00. The zero-order valence-corrected chi connectivity index (χ0v) is 12.0. The number of phenolic OH excluding ortho intramolecular Hbond substituents is 1. The predicted molar refractivity (Wildman–Crippen MR) is 83.2 cm³/mol. The van der Waals surface area contributed by atoms with Gasteiger partial charge in [-0.2, -0.15) is 0 Å². The zero-order valence-electron chi connectivity index (χ0n) is 11.2. The summed E-state index contributed by atoms with van der Waals surface area (Å²) in [6.45, 7) is 0. The third-order valence-corrected chi connectivity index (χ3v) is 4.28. The average Bonchev–Trinajstić information content (AvgIpc) is 2.92. The number of pyridine rings is 1. The van der Waals surface area contributed by atoms with Crippen molar-refractivity contribution in [3.63, 3.8) is 0 Å². The molecular weight excluding hydrogens is 268 g/mol. The summed E-state index contributed by atoms with van der Waals surface area (Å²) < 4.78 is 1.21. The molecule has 0 aliphatic rings. The minimum absolute atomic E-state index is 0.191. The van der Waals surface area contributed by atoms with Crippen LogP contribution in [0, 0.1) is 0 Å². The molecule has 2 heterocycles. The Kier molecular flexibility index (Phi) is 3.67. The molecule has 20 heavy (non-hydrogen) atoms. The number of hydrogen-bond acceptors (Lipinski definition) is 4. The lowest BCUT2D eigenvalue weighted by molar-refractivity contribution is 0.473. The van der Waals surface area contributed by atoms with Gasteiger partial charge in [-0.3, -0.25) is 4.98 Å². The number of rotatable bonds is 4. The maximum absolute atomic E-state index is 9.55. The van der Waals surface area contributed by atoms with Gasteiger partial charge in [0.05, 0.1) is 10.2 Å². The number of thiophene rings is 1. The normalized spacial score (nSPS) is 12.7. The molecule has 102 valence electrons. The Hall–Kier alpha value is -1.91. The van der Waals surface area contributed by atoms with E-state index in [4.69, 9.17) is 0 Å². The highest BCUT2D eigenvalue weighted by Gasteiger charge is 2.12. The van der Waals surface area contributed by atoms with Gasteiger partial charge in [-0.25, -0.2) is 0 Å². The van der Waals surface area contributed by atoms with Gasteiger partial charge in [0, 0.05) is 12.2 Å². The summed E-state index contributed by atoms with van der Waals surface area (Å²) >= 11 is 1.71. The van der Waals surface area contributed by atoms with Gasteiger partial charge in [-0.1, -0.05) is 12.1 Å². The van der Waals surface area contributed by atoms with Gasteiger partial charge in [0.25, 0.3) is 0 Å². The van der Waals surface area contributed by atoms with Crippen molar-refractivity contribution < 1.29 is 5.11 Å². The van der Waals surface area contributed by atoms with Crippen LogP contribution >= 0.6 is 11.3 Å². The molecule has 2 aromatic heterocycles. The largest absolute Gasteiger partial charge is 0.508 e. The molecule has 0 spiro atoms. The fourth-order valence-corrected chi connectivity index (χ4v) is 3.15. The Balaban J connectivity index is 1.88. The fourth-order valence-electron chi connectivity index (χ4n) is 2.36. The number of benzene rings is 1. The van der Waals surface area contributed by atoms with Crippen LogP contribution in [0.4, 0.5) is 0 Å². The number of nitrogens with one attached hydrogen (secondary N) is 1. The van der Waals surface area contributed by atoms with E-state index in [0.29, 0.717) is 5.75 Å². The smallest absolute Gasteiger partial charge is 0.115 e. The van der Waals surface area contributed by atoms with E-state index in [2.05, 4.69) is 21.7 Å². The minimum atomic E-state index is 0.191. The molecule has 0 aliphatic carbocycles. The summed E-state index contributed by atoms with van der Waals surface area (Å²) in [7, 11) is 1.95. The van der Waals surface area contributed by atoms with Crippen LogP contribution in [-0.4, -0.2) is 17.1 Å². The maximum Gasteiger partial charge on any atom is 0.115 e. The number of phenols is 1. The monoisotopic (exact) mass is 284 g/mol. The van der Waals surface area contributed by atoms with Crippen LogP contribution < -0.4 is 5.32 Å². The van der Waals surface area contributed by atoms with Crippen LogP contribution in [-0.2, 0) is 6.42 Å². The van der Waals surface area contributed by atoms with E-state index >= 15 is 0 Å². The highest BCUT2D eigenvalue weighted by Crippen LogP contribution is 2.25. The molecule has 0 saturated carbocycles. The van der Waals surface area contributed by atoms with Crippen molar-refractivity contribution in [2.24, 2.45) is 0 Å². The summed E-state index contributed by atoms with van der Waals surface area (Å²) in [5.74, 6) is 0.309. The van der Waals surface area contributed by atoms with Crippen LogP contribution in [0.15, 0.2) is 48.0 Å². The quantitative estimate of drug-likeness (QED) is 0.770. The number of aromatic nitrogens is 1. The molecule has 0 bridgehead atoms. The summed E-state index contributed by atoms with van der Waals surface area (Å²) in [6.07, 6.45) is 2.75. The lowest BCUT2D eigenvalue weighted by Crippen LogP contribution is -2.18. The van der Waals surface area contributed by atoms with Gasteiger partial charge in [0.2, 0.25) is 0 Å². The van der Waals surface area contributed by atoms with Crippen LogP contribution in [0.1, 0.15) is 17.2 Å². The second kappa shape index (κ2) is 5.61. The van der Waals surface area contributed by atoms with Crippen molar-refractivity contribution in [1.82, 2.24) is 10.3 Å². The molecule has 3 rings (SSSR count). The van der Waals surface area contributed by atoms with Crippen molar-refractivity contribution in [2.75, 3.05) is 7.05 Å². The van der Waals surface area contributed by atoms with E-state index in [9.17, 15) is 5.11 Å². The summed E-state index contributed by atoms with van der Waals surface area (Å²) in [5.41, 5.74) is 3.33. The third-order valence-electron chi connectivity index (χ3n) is 3.43. The molecule has 1 atom stereocenters. The summed E-state index contributed by atoms with van der Waals surface area (Å²) in [5, 5.41) is 14.9. The molecule has 3 nitrogen and oxygen atoms in total. The second-order valence-corrected chi connectivity index (χ2v) is 5.74. The fraction of sp³-hybridized carbons (Fsp3) is 0.188. The van der Waals surface area contributed by atoms with Gasteiger partial charge in [0.1, 0.15) is 5.75 Å². The van der Waals surface area contributed by atoms with E-state index in [1.54, 1.807) is 23.5 Å². The number of fused-ring (bicyclic) bond motifs is 1. The third kappa shape index (κ3) is 2.66. The van der Waals surface area contributed by atoms with Gasteiger partial charge >= 0.3 is 0 Å². The maximum atomic E-state index is 9.55. The molecule has 3 aromatic rings. The second-order valence-electron chi connectivity index (χ2n) is 4.79. The Morgan fingerprint density at radius 2 is 2.20 bits per heavy atom. The predicted octanol–water partition coefficient (Wildman–Crippen LogP) is 3.51. The highest BCUT2D eigenvalue weighted by atomic mass is 32.1. The average molecular weight is 284 g/mol. The van der Waals surface area contributed by atoms with E-state index in [1.165, 1.54) is 10.3 Å². The molecule has 0 saturated heterocycles. The topological polar surface area (TPSA) is 45.1 Å². The van der Waals surface area contributed by atoms with Gasteiger partial charge in [0.15, 0.2) is 0 Å². The van der Waals surface area contributed by atoms with Gasteiger partial charge in [-0.05, 0) is 54.2 Å². The molecule has 0 amide bonds. The van der Waals surface area contributed by atoms with Crippen LogP contribution in [0.2, 0.25) is 0 Å². The summed E-state index contributed by atoms with van der Waals surface area (Å²) in [6, 6.07) is 11.8. The van der Waals surface area contributed by atoms with E-state index < -0.39 is 0 Å². The minimum Gasteiger partial charge on any atom is -0.508 e. The Morgan fingerprint density at radius 3 is 3.00 bits per heavy atom. The number of hydrogen-bond donors (Lipinski definition) is 2. The van der Waals surface area contributed by atoms with E-state index in [-0.39, 0.29) is 6.04 Å². The Bertz CT molecular complexity index is 723. The highest BCUT2D eigenvalue weighted by molar-refractivity contribution is 7.17. The molecule has 0 aliphatic heterocycles. The summed E-state index contributed by atoms with van der Waals surface area (Å²) in [4.78, 5) is 4.49. The zero-order chi connectivity index (χ0) is 13.9. The van der Waals surface area contributed by atoms with E-state index in [1.807, 2.05) is 31.4 Å². The lowest BCUT2D eigenvalue weighted by Gasteiger charge is -2.16. The Morgan fingerprint density at radius 1 is 1.30 bits per heavy atom. The molecular formula is C16H16N2OS.